The first kappa shape index (κ1) is 19.2. The van der Waals surface area contributed by atoms with E-state index in [2.05, 4.69) is 36.0 Å². The topological polar surface area (TPSA) is 63.1 Å². The second-order valence-corrected chi connectivity index (χ2v) is 10.2. The number of ketones is 1. The highest BCUT2D eigenvalue weighted by Crippen LogP contribution is 2.67. The molecule has 1 heterocycles. The maximum absolute atomic E-state index is 12.2. The number of aliphatic hydroxyl groups excluding tert-OH is 1. The van der Waals surface area contributed by atoms with Crippen LogP contribution in [0.15, 0.2) is 36.3 Å². The maximum Gasteiger partial charge on any atom is 0.136 e. The van der Waals surface area contributed by atoms with Gasteiger partial charge < -0.3 is 5.11 Å². The van der Waals surface area contributed by atoms with Gasteiger partial charge in [-0.2, -0.15) is 0 Å². The molecule has 0 aromatic carbocycles. The quantitative estimate of drug-likeness (QED) is 0.763. The van der Waals surface area contributed by atoms with Crippen molar-refractivity contribution in [2.45, 2.75) is 58.8 Å². The zero-order chi connectivity index (χ0) is 20.2. The summed E-state index contributed by atoms with van der Waals surface area (Å²) in [7, 11) is 0. The molecule has 4 aliphatic rings. The first-order valence-corrected chi connectivity index (χ1v) is 11.3. The van der Waals surface area contributed by atoms with Crippen molar-refractivity contribution < 1.29 is 9.90 Å². The third kappa shape index (κ3) is 2.78. The van der Waals surface area contributed by atoms with Gasteiger partial charge in [-0.1, -0.05) is 31.6 Å². The first-order chi connectivity index (χ1) is 14.0. The average molecular weight is 393 g/mol. The van der Waals surface area contributed by atoms with Crippen LogP contribution < -0.4 is 0 Å². The summed E-state index contributed by atoms with van der Waals surface area (Å²) in [5, 5.41) is 9.83. The lowest BCUT2D eigenvalue weighted by molar-refractivity contribution is -0.122. The fourth-order valence-corrected chi connectivity index (χ4v) is 7.48. The van der Waals surface area contributed by atoms with Crippen molar-refractivity contribution in [2.24, 2.45) is 34.5 Å². The number of hydrogen-bond acceptors (Lipinski definition) is 4. The lowest BCUT2D eigenvalue weighted by Gasteiger charge is -2.59. The molecule has 154 valence electrons. The molecule has 4 aliphatic carbocycles. The summed E-state index contributed by atoms with van der Waals surface area (Å²) in [6.45, 7) is 5.09. The summed E-state index contributed by atoms with van der Waals surface area (Å²) < 4.78 is 0. The molecule has 5 rings (SSSR count). The summed E-state index contributed by atoms with van der Waals surface area (Å²) in [5.74, 6) is 2.53. The summed E-state index contributed by atoms with van der Waals surface area (Å²) in [4.78, 5) is 20.9. The summed E-state index contributed by atoms with van der Waals surface area (Å²) in [6.07, 6.45) is 15.0. The van der Waals surface area contributed by atoms with Crippen LogP contribution in [0.2, 0.25) is 0 Å². The van der Waals surface area contributed by atoms with Gasteiger partial charge in [0.05, 0.1) is 5.69 Å². The van der Waals surface area contributed by atoms with E-state index in [9.17, 15) is 9.90 Å². The largest absolute Gasteiger partial charge is 0.396 e. The van der Waals surface area contributed by atoms with Gasteiger partial charge in [-0.05, 0) is 78.2 Å². The van der Waals surface area contributed by atoms with Gasteiger partial charge in [0.25, 0.3) is 0 Å². The monoisotopic (exact) mass is 392 g/mol. The Kier molecular flexibility index (Phi) is 4.54. The molecule has 0 spiro atoms. The van der Waals surface area contributed by atoms with E-state index in [0.29, 0.717) is 35.9 Å². The average Bonchev–Trinajstić information content (AvgIpc) is 3.07. The van der Waals surface area contributed by atoms with Crippen LogP contribution in [-0.4, -0.2) is 27.5 Å². The minimum atomic E-state index is 0.134. The van der Waals surface area contributed by atoms with Crippen LogP contribution >= 0.6 is 0 Å². The Labute approximate surface area is 173 Å². The molecule has 0 radical (unpaired) electrons. The fraction of sp³-hybridized carbons (Fsp3) is 0.640. The van der Waals surface area contributed by atoms with Gasteiger partial charge >= 0.3 is 0 Å². The number of carbonyl (C=O) groups excluding carboxylic acids is 1. The molecule has 29 heavy (non-hydrogen) atoms. The Morgan fingerprint density at radius 1 is 1.21 bits per heavy atom. The van der Waals surface area contributed by atoms with Crippen molar-refractivity contribution in [2.75, 3.05) is 6.61 Å². The van der Waals surface area contributed by atoms with Crippen molar-refractivity contribution >= 4 is 11.4 Å². The van der Waals surface area contributed by atoms with Crippen molar-refractivity contribution in [1.82, 2.24) is 9.97 Å². The minimum Gasteiger partial charge on any atom is -0.396 e. The molecule has 1 aromatic rings. The van der Waals surface area contributed by atoms with Crippen molar-refractivity contribution in [1.29, 1.82) is 0 Å². The molecule has 0 amide bonds. The molecule has 0 saturated heterocycles. The first-order valence-electron chi connectivity index (χ1n) is 11.3. The van der Waals surface area contributed by atoms with Crippen LogP contribution in [0.1, 0.15) is 64.5 Å². The standard InChI is InChI=1S/C25H32N2O2/c1-24-9-5-18(29)14-17(24)13-16(8-12-28)23-20-4-3-19(22-7-11-26-15-27-22)25(20,2)10-6-21(23)24/h3,7,11,13,15-16,20-21,23,28H,4-6,8-10,12,14H2,1-2H3/t16-,20+,21+,23+,24+,25-/m1/s1. The van der Waals surface area contributed by atoms with E-state index in [-0.39, 0.29) is 17.4 Å². The van der Waals surface area contributed by atoms with Gasteiger partial charge in [-0.15, -0.1) is 0 Å². The molecule has 6 atom stereocenters. The van der Waals surface area contributed by atoms with E-state index in [1.54, 1.807) is 6.33 Å². The number of rotatable bonds is 3. The summed E-state index contributed by atoms with van der Waals surface area (Å²) in [6, 6.07) is 2.05. The van der Waals surface area contributed by atoms with Gasteiger partial charge in [-0.3, -0.25) is 4.79 Å². The van der Waals surface area contributed by atoms with Gasteiger partial charge in [-0.25, -0.2) is 9.97 Å². The zero-order valence-electron chi connectivity index (χ0n) is 17.6. The van der Waals surface area contributed by atoms with Gasteiger partial charge in [0.15, 0.2) is 0 Å². The maximum atomic E-state index is 12.2. The van der Waals surface area contributed by atoms with Crippen molar-refractivity contribution in [3.63, 3.8) is 0 Å². The summed E-state index contributed by atoms with van der Waals surface area (Å²) >= 11 is 0. The number of Topliss-reactive ketones (excluding diaryl/α,β-unsaturated/α-hetero) is 1. The van der Waals surface area contributed by atoms with E-state index >= 15 is 0 Å². The van der Waals surface area contributed by atoms with Crippen molar-refractivity contribution in [3.05, 3.63) is 42.0 Å². The molecule has 2 saturated carbocycles. The van der Waals surface area contributed by atoms with Gasteiger partial charge in [0.1, 0.15) is 12.1 Å². The number of fused-ring (bicyclic) bond motifs is 5. The lowest BCUT2D eigenvalue weighted by atomic mass is 9.45. The molecule has 0 bridgehead atoms. The van der Waals surface area contributed by atoms with Crippen LogP contribution in [0.4, 0.5) is 0 Å². The van der Waals surface area contributed by atoms with Crippen LogP contribution in [-0.2, 0) is 4.79 Å². The third-order valence-corrected chi connectivity index (χ3v) is 9.01. The zero-order valence-corrected chi connectivity index (χ0v) is 17.6. The van der Waals surface area contributed by atoms with Crippen molar-refractivity contribution in [3.8, 4) is 0 Å². The van der Waals surface area contributed by atoms with Gasteiger partial charge in [0.2, 0.25) is 0 Å². The Bertz CT molecular complexity index is 876. The molecular weight excluding hydrogens is 360 g/mol. The highest BCUT2D eigenvalue weighted by atomic mass is 16.3. The Hall–Kier alpha value is -1.81. The molecular formula is C25H32N2O2. The number of aromatic nitrogens is 2. The van der Waals surface area contributed by atoms with E-state index in [0.717, 1.165) is 31.4 Å². The number of aliphatic hydroxyl groups is 1. The molecule has 1 N–H and O–H groups in total. The highest BCUT2D eigenvalue weighted by Gasteiger charge is 2.59. The minimum absolute atomic E-state index is 0.134. The van der Waals surface area contributed by atoms with E-state index in [1.165, 1.54) is 24.0 Å². The lowest BCUT2D eigenvalue weighted by Crippen LogP contribution is -2.52. The molecule has 2 fully saturated rings. The second-order valence-electron chi connectivity index (χ2n) is 10.2. The van der Waals surface area contributed by atoms with Crippen LogP contribution in [0, 0.1) is 34.5 Å². The van der Waals surface area contributed by atoms with E-state index in [4.69, 9.17) is 0 Å². The Balaban J connectivity index is 1.54. The molecule has 4 nitrogen and oxygen atoms in total. The Morgan fingerprint density at radius 3 is 2.83 bits per heavy atom. The molecule has 0 aliphatic heterocycles. The summed E-state index contributed by atoms with van der Waals surface area (Å²) in [5.41, 5.74) is 4.13. The van der Waals surface area contributed by atoms with Crippen LogP contribution in [0.3, 0.4) is 0 Å². The Morgan fingerprint density at radius 2 is 2.07 bits per heavy atom. The normalized spacial score (nSPS) is 41.1. The fourth-order valence-electron chi connectivity index (χ4n) is 7.48. The molecule has 0 unspecified atom stereocenters. The van der Waals surface area contributed by atoms with Crippen LogP contribution in [0.25, 0.3) is 5.57 Å². The van der Waals surface area contributed by atoms with E-state index < -0.39 is 0 Å². The predicted octanol–water partition coefficient (Wildman–Crippen LogP) is 4.61. The predicted molar refractivity (Wildman–Crippen MR) is 113 cm³/mol. The number of allylic oxidation sites excluding steroid dienone is 4. The highest BCUT2D eigenvalue weighted by molar-refractivity contribution is 5.82. The van der Waals surface area contributed by atoms with E-state index in [1.807, 2.05) is 12.3 Å². The molecule has 4 heteroatoms. The van der Waals surface area contributed by atoms with Gasteiger partial charge in [0, 0.05) is 25.6 Å². The number of hydrogen-bond donors (Lipinski definition) is 1. The SMILES string of the molecule is C[C@]12CCC(=O)CC1=C[C@@H](CCO)[C@@H]1[C@@H]2CC[C@]2(C)C(c3ccncn3)=CC[C@@H]12. The van der Waals surface area contributed by atoms with Crippen LogP contribution in [0.5, 0.6) is 0 Å². The number of carbonyl (C=O) groups is 1. The second kappa shape index (κ2) is 6.87. The third-order valence-electron chi connectivity index (χ3n) is 9.01. The number of nitrogens with zero attached hydrogens (tertiary/aromatic N) is 2. The molecule has 1 aromatic heterocycles. The smallest absolute Gasteiger partial charge is 0.136 e.